The van der Waals surface area contributed by atoms with Crippen LogP contribution in [0.15, 0.2) is 60.7 Å². The van der Waals surface area contributed by atoms with Gasteiger partial charge in [0, 0.05) is 13.0 Å². The van der Waals surface area contributed by atoms with Gasteiger partial charge < -0.3 is 14.2 Å². The smallest absolute Gasteiger partial charge is 0.276 e. The number of nitrogens with zero attached hydrogens (tertiary/aromatic N) is 2. The van der Waals surface area contributed by atoms with E-state index in [4.69, 9.17) is 14.2 Å². The number of hydrogen-bond donors (Lipinski definition) is 1. The predicted octanol–water partition coefficient (Wildman–Crippen LogP) is 2.45. The molecule has 0 spiro atoms. The monoisotopic (exact) mass is 491 g/mol. The summed E-state index contributed by atoms with van der Waals surface area (Å²) in [5, 5.41) is 2.84. The molecule has 10 nitrogen and oxygen atoms in total. The van der Waals surface area contributed by atoms with Crippen molar-refractivity contribution in [1.82, 2.24) is 10.4 Å². The lowest BCUT2D eigenvalue weighted by Gasteiger charge is -2.26. The average Bonchev–Trinajstić information content (AvgIpc) is 3.18. The molecule has 4 rings (SSSR count). The third kappa shape index (κ3) is 4.92. The largest absolute Gasteiger partial charge is 0.497 e. The van der Waals surface area contributed by atoms with Crippen LogP contribution in [0.25, 0.3) is 10.8 Å². The maximum atomic E-state index is 13.2. The van der Waals surface area contributed by atoms with E-state index in [0.717, 1.165) is 20.7 Å². The molecule has 3 aromatic carbocycles. The molecule has 1 fully saturated rings. The Balaban J connectivity index is 1.46. The van der Waals surface area contributed by atoms with Crippen LogP contribution in [0.2, 0.25) is 0 Å². The summed E-state index contributed by atoms with van der Waals surface area (Å²) in [5.41, 5.74) is 2.62. The van der Waals surface area contributed by atoms with Crippen molar-refractivity contribution < 1.29 is 33.4 Å². The zero-order valence-corrected chi connectivity index (χ0v) is 20.0. The molecule has 1 saturated heterocycles. The van der Waals surface area contributed by atoms with Gasteiger partial charge in [-0.1, -0.05) is 30.3 Å². The zero-order chi connectivity index (χ0) is 25.8. The number of anilines is 1. The molecule has 1 aliphatic heterocycles. The zero-order valence-electron chi connectivity index (χ0n) is 20.0. The first-order chi connectivity index (χ1) is 17.3. The number of rotatable bonds is 7. The highest BCUT2D eigenvalue weighted by atomic mass is 16.5. The minimum Gasteiger partial charge on any atom is -0.497 e. The number of carbonyl (C=O) groups is 4. The average molecular weight is 492 g/mol. The van der Waals surface area contributed by atoms with Crippen molar-refractivity contribution in [2.45, 2.75) is 19.4 Å². The molecule has 0 saturated carbocycles. The number of ether oxygens (including phenoxy) is 3. The highest BCUT2D eigenvalue weighted by Crippen LogP contribution is 2.35. The van der Waals surface area contributed by atoms with E-state index in [1.54, 1.807) is 18.2 Å². The number of hydrazine groups is 1. The number of hydrogen-bond acceptors (Lipinski definition) is 7. The van der Waals surface area contributed by atoms with Crippen molar-refractivity contribution in [3.8, 4) is 17.2 Å². The van der Waals surface area contributed by atoms with Crippen LogP contribution in [-0.2, 0) is 19.2 Å². The van der Waals surface area contributed by atoms with Gasteiger partial charge in [-0.15, -0.1) is 0 Å². The lowest BCUT2D eigenvalue weighted by molar-refractivity contribution is -0.146. The van der Waals surface area contributed by atoms with E-state index in [9.17, 15) is 19.2 Å². The molecular weight excluding hydrogens is 466 g/mol. The second-order valence-electron chi connectivity index (χ2n) is 8.05. The normalized spacial score (nSPS) is 15.1. The molecule has 0 radical (unpaired) electrons. The minimum absolute atomic E-state index is 0.213. The van der Waals surface area contributed by atoms with Crippen LogP contribution in [0.3, 0.4) is 0 Å². The summed E-state index contributed by atoms with van der Waals surface area (Å²) in [4.78, 5) is 51.9. The fourth-order valence-electron chi connectivity index (χ4n) is 3.99. The maximum Gasteiger partial charge on any atom is 0.276 e. The molecule has 0 bridgehead atoms. The molecule has 0 aliphatic carbocycles. The summed E-state index contributed by atoms with van der Waals surface area (Å²) >= 11 is 0. The van der Waals surface area contributed by atoms with E-state index in [1.807, 2.05) is 30.3 Å². The Morgan fingerprint density at radius 2 is 1.69 bits per heavy atom. The fraction of sp³-hybridized carbons (Fsp3) is 0.231. The first kappa shape index (κ1) is 24.5. The Morgan fingerprint density at radius 3 is 2.39 bits per heavy atom. The molecule has 1 unspecified atom stereocenters. The van der Waals surface area contributed by atoms with Crippen LogP contribution in [0.1, 0.15) is 13.3 Å². The molecule has 1 N–H and O–H groups in total. The first-order valence-corrected chi connectivity index (χ1v) is 11.1. The fourth-order valence-corrected chi connectivity index (χ4v) is 3.99. The second kappa shape index (κ2) is 10.3. The highest BCUT2D eigenvalue weighted by molar-refractivity contribution is 6.23. The van der Waals surface area contributed by atoms with Gasteiger partial charge in [0.15, 0.2) is 6.61 Å². The van der Waals surface area contributed by atoms with Crippen molar-refractivity contribution in [3.05, 3.63) is 60.7 Å². The van der Waals surface area contributed by atoms with E-state index < -0.39 is 36.3 Å². The first-order valence-electron chi connectivity index (χ1n) is 11.1. The Kier molecular flexibility index (Phi) is 7.05. The number of carbonyl (C=O) groups excluding carboxylic acids is 4. The van der Waals surface area contributed by atoms with Crippen molar-refractivity contribution in [3.63, 3.8) is 0 Å². The van der Waals surface area contributed by atoms with Gasteiger partial charge in [0.2, 0.25) is 11.8 Å². The molecule has 3 aromatic rings. The van der Waals surface area contributed by atoms with Crippen LogP contribution >= 0.6 is 0 Å². The van der Waals surface area contributed by atoms with Gasteiger partial charge in [0.05, 0.1) is 26.3 Å². The van der Waals surface area contributed by atoms with E-state index in [-0.39, 0.29) is 17.9 Å². The molecule has 1 atom stereocenters. The third-order valence-electron chi connectivity index (χ3n) is 5.74. The van der Waals surface area contributed by atoms with Gasteiger partial charge >= 0.3 is 0 Å². The molecule has 0 aromatic heterocycles. The van der Waals surface area contributed by atoms with E-state index in [2.05, 4.69) is 5.43 Å². The van der Waals surface area contributed by atoms with Crippen LogP contribution in [-0.4, -0.2) is 55.5 Å². The molecule has 10 heteroatoms. The summed E-state index contributed by atoms with van der Waals surface area (Å²) in [7, 11) is 2.88. The minimum atomic E-state index is -1.22. The number of benzene rings is 3. The van der Waals surface area contributed by atoms with Gasteiger partial charge in [-0.2, -0.15) is 0 Å². The number of fused-ring (bicyclic) bond motifs is 1. The molecule has 1 heterocycles. The molecule has 4 amide bonds. The topological polar surface area (TPSA) is 114 Å². The van der Waals surface area contributed by atoms with Crippen molar-refractivity contribution in [1.29, 1.82) is 0 Å². The summed E-state index contributed by atoms with van der Waals surface area (Å²) < 4.78 is 16.0. The van der Waals surface area contributed by atoms with Crippen molar-refractivity contribution >= 4 is 40.1 Å². The molecular formula is C26H25N3O7. The van der Waals surface area contributed by atoms with Crippen LogP contribution < -0.4 is 24.5 Å². The lowest BCUT2D eigenvalue weighted by atomic mass is 10.1. The Hall–Kier alpha value is -4.60. The predicted molar refractivity (Wildman–Crippen MR) is 131 cm³/mol. The number of imide groups is 1. The van der Waals surface area contributed by atoms with Gasteiger partial charge in [0.25, 0.3) is 11.8 Å². The van der Waals surface area contributed by atoms with Crippen molar-refractivity contribution in [2.24, 2.45) is 0 Å². The van der Waals surface area contributed by atoms with Gasteiger partial charge in [0.1, 0.15) is 23.3 Å². The summed E-state index contributed by atoms with van der Waals surface area (Å²) in [5.74, 6) is -1.27. The van der Waals surface area contributed by atoms with E-state index in [0.29, 0.717) is 11.5 Å². The van der Waals surface area contributed by atoms with E-state index >= 15 is 0 Å². The quantitative estimate of drug-likeness (QED) is 0.399. The molecule has 1 aliphatic rings. The molecule has 186 valence electrons. The summed E-state index contributed by atoms with van der Waals surface area (Å²) in [6.07, 6.45) is -0.306. The van der Waals surface area contributed by atoms with Crippen LogP contribution in [0.4, 0.5) is 5.69 Å². The van der Waals surface area contributed by atoms with Crippen LogP contribution in [0, 0.1) is 0 Å². The Bertz CT molecular complexity index is 1340. The standard InChI is InChI=1S/C26H25N3O7/c1-16(30)29(27-24(31)15-36-20-9-8-17-6-4-5-7-18(17)12-20)22-14-25(32)28(26(22)33)21-11-10-19(34-2)13-23(21)35-3/h4-13,22H,14-15H2,1-3H3,(H,27,31). The molecule has 36 heavy (non-hydrogen) atoms. The number of amides is 4. The summed E-state index contributed by atoms with van der Waals surface area (Å²) in [6, 6.07) is 16.5. The number of methoxy groups -OCH3 is 2. The number of nitrogens with one attached hydrogen (secondary N) is 1. The highest BCUT2D eigenvalue weighted by Gasteiger charge is 2.45. The van der Waals surface area contributed by atoms with Crippen LogP contribution in [0.5, 0.6) is 17.2 Å². The second-order valence-corrected chi connectivity index (χ2v) is 8.05. The van der Waals surface area contributed by atoms with Gasteiger partial charge in [-0.05, 0) is 35.0 Å². The maximum absolute atomic E-state index is 13.2. The Morgan fingerprint density at radius 1 is 0.972 bits per heavy atom. The lowest BCUT2D eigenvalue weighted by Crippen LogP contribution is -2.54. The Labute approximate surface area is 207 Å². The van der Waals surface area contributed by atoms with Gasteiger partial charge in [-0.3, -0.25) is 24.6 Å². The van der Waals surface area contributed by atoms with Crippen molar-refractivity contribution in [2.75, 3.05) is 25.7 Å². The third-order valence-corrected chi connectivity index (χ3v) is 5.74. The SMILES string of the molecule is COc1ccc(N2C(=O)CC(N(NC(=O)COc3ccc4ccccc4c3)C(C)=O)C2=O)c(OC)c1. The van der Waals surface area contributed by atoms with Gasteiger partial charge in [-0.25, -0.2) is 9.91 Å². The van der Waals surface area contributed by atoms with E-state index in [1.165, 1.54) is 33.3 Å². The summed E-state index contributed by atoms with van der Waals surface area (Å²) in [6.45, 7) is 0.797.